The average molecular weight is 335 g/mol. The molecular formula is C14H26N2O3S2. The Bertz CT molecular complexity index is 524. The molecule has 0 amide bonds. The standard InChI is InChI=1S/C14H26N2O3S2/c1-5-7-15-9-12-8-13(10-20-12)21(17,18)16-11-14(3,4)19-6-2/h8,10,15-16H,5-7,9,11H2,1-4H3. The highest BCUT2D eigenvalue weighted by Crippen LogP contribution is 2.19. The van der Waals surface area contributed by atoms with Crippen molar-refractivity contribution in [2.24, 2.45) is 0 Å². The SMILES string of the molecule is CCCNCc1cc(S(=O)(=O)NCC(C)(C)OCC)cs1. The van der Waals surface area contributed by atoms with Gasteiger partial charge in [-0.1, -0.05) is 6.92 Å². The van der Waals surface area contributed by atoms with E-state index in [4.69, 9.17) is 4.74 Å². The van der Waals surface area contributed by atoms with Gasteiger partial charge in [-0.15, -0.1) is 11.3 Å². The van der Waals surface area contributed by atoms with Gasteiger partial charge in [-0.05, 0) is 39.8 Å². The Balaban J connectivity index is 2.62. The van der Waals surface area contributed by atoms with E-state index in [1.165, 1.54) is 11.3 Å². The summed E-state index contributed by atoms with van der Waals surface area (Å²) >= 11 is 1.46. The van der Waals surface area contributed by atoms with Gasteiger partial charge in [0.15, 0.2) is 0 Å². The van der Waals surface area contributed by atoms with E-state index in [1.54, 1.807) is 11.4 Å². The zero-order chi connectivity index (χ0) is 15.9. The summed E-state index contributed by atoms with van der Waals surface area (Å²) in [4.78, 5) is 1.35. The van der Waals surface area contributed by atoms with Gasteiger partial charge in [-0.25, -0.2) is 13.1 Å². The maximum Gasteiger partial charge on any atom is 0.241 e. The highest BCUT2D eigenvalue weighted by Gasteiger charge is 2.23. The van der Waals surface area contributed by atoms with Gasteiger partial charge < -0.3 is 10.1 Å². The predicted octanol–water partition coefficient (Wildman–Crippen LogP) is 2.34. The molecule has 0 unspecified atom stereocenters. The van der Waals surface area contributed by atoms with Crippen molar-refractivity contribution in [2.45, 2.75) is 51.2 Å². The van der Waals surface area contributed by atoms with Gasteiger partial charge >= 0.3 is 0 Å². The van der Waals surface area contributed by atoms with Gasteiger partial charge in [0.2, 0.25) is 10.0 Å². The molecule has 1 aromatic heterocycles. The minimum atomic E-state index is -3.47. The summed E-state index contributed by atoms with van der Waals surface area (Å²) in [6.07, 6.45) is 1.06. The molecule has 0 saturated heterocycles. The fourth-order valence-electron chi connectivity index (χ4n) is 1.78. The van der Waals surface area contributed by atoms with E-state index in [0.717, 1.165) is 17.8 Å². The molecule has 122 valence electrons. The molecule has 1 aromatic rings. The van der Waals surface area contributed by atoms with Crippen LogP contribution in [-0.4, -0.2) is 33.7 Å². The van der Waals surface area contributed by atoms with Crippen molar-refractivity contribution in [1.82, 2.24) is 10.0 Å². The minimum Gasteiger partial charge on any atom is -0.375 e. The third-order valence-electron chi connectivity index (χ3n) is 2.89. The number of rotatable bonds is 10. The Kier molecular flexibility index (Phi) is 7.29. The number of thiophene rings is 1. The second-order valence-electron chi connectivity index (χ2n) is 5.44. The summed E-state index contributed by atoms with van der Waals surface area (Å²) < 4.78 is 32.6. The van der Waals surface area contributed by atoms with E-state index in [1.807, 2.05) is 20.8 Å². The molecule has 1 heterocycles. The summed E-state index contributed by atoms with van der Waals surface area (Å²) in [6.45, 7) is 10.2. The molecule has 0 atom stereocenters. The van der Waals surface area contributed by atoms with Crippen molar-refractivity contribution >= 4 is 21.4 Å². The van der Waals surface area contributed by atoms with Gasteiger partial charge in [0.05, 0.1) is 10.5 Å². The van der Waals surface area contributed by atoms with E-state index >= 15 is 0 Å². The van der Waals surface area contributed by atoms with Crippen LogP contribution in [0.25, 0.3) is 0 Å². The van der Waals surface area contributed by atoms with Crippen LogP contribution in [0, 0.1) is 0 Å². The molecule has 7 heteroatoms. The van der Waals surface area contributed by atoms with Gasteiger partial charge in [-0.3, -0.25) is 0 Å². The predicted molar refractivity (Wildman–Crippen MR) is 87.2 cm³/mol. The molecule has 0 aromatic carbocycles. The number of nitrogens with one attached hydrogen (secondary N) is 2. The number of ether oxygens (including phenoxy) is 1. The third-order valence-corrected chi connectivity index (χ3v) is 5.36. The molecule has 21 heavy (non-hydrogen) atoms. The largest absolute Gasteiger partial charge is 0.375 e. The highest BCUT2D eigenvalue weighted by atomic mass is 32.2. The van der Waals surface area contributed by atoms with E-state index in [0.29, 0.717) is 18.0 Å². The van der Waals surface area contributed by atoms with Crippen molar-refractivity contribution < 1.29 is 13.2 Å². The number of sulfonamides is 1. The molecule has 0 fully saturated rings. The van der Waals surface area contributed by atoms with Gasteiger partial charge in [0, 0.05) is 30.0 Å². The zero-order valence-corrected chi connectivity index (χ0v) is 14.9. The zero-order valence-electron chi connectivity index (χ0n) is 13.2. The topological polar surface area (TPSA) is 67.4 Å². The second-order valence-corrected chi connectivity index (χ2v) is 8.21. The first-order chi connectivity index (χ1) is 9.80. The van der Waals surface area contributed by atoms with E-state index in [-0.39, 0.29) is 6.54 Å². The van der Waals surface area contributed by atoms with Crippen LogP contribution < -0.4 is 10.0 Å². The fourth-order valence-corrected chi connectivity index (χ4v) is 4.22. The van der Waals surface area contributed by atoms with Crippen LogP contribution in [0.5, 0.6) is 0 Å². The maximum atomic E-state index is 12.2. The van der Waals surface area contributed by atoms with Crippen molar-refractivity contribution in [3.05, 3.63) is 16.3 Å². The highest BCUT2D eigenvalue weighted by molar-refractivity contribution is 7.89. The average Bonchev–Trinajstić information content (AvgIpc) is 2.87. The Morgan fingerprint density at radius 3 is 2.67 bits per heavy atom. The van der Waals surface area contributed by atoms with Gasteiger partial charge in [0.25, 0.3) is 0 Å². The molecule has 5 nitrogen and oxygen atoms in total. The Labute approximate surface area is 132 Å². The maximum absolute atomic E-state index is 12.2. The first-order valence-corrected chi connectivity index (χ1v) is 9.59. The monoisotopic (exact) mass is 334 g/mol. The lowest BCUT2D eigenvalue weighted by Gasteiger charge is -2.24. The summed E-state index contributed by atoms with van der Waals surface area (Å²) in [5.41, 5.74) is -0.511. The Hall–Kier alpha value is -0.470. The summed E-state index contributed by atoms with van der Waals surface area (Å²) in [6, 6.07) is 1.73. The van der Waals surface area contributed by atoms with E-state index < -0.39 is 15.6 Å². The molecule has 0 aliphatic carbocycles. The van der Waals surface area contributed by atoms with E-state index in [2.05, 4.69) is 17.0 Å². The molecule has 0 saturated carbocycles. The Morgan fingerprint density at radius 1 is 1.33 bits per heavy atom. The van der Waals surface area contributed by atoms with Crippen LogP contribution in [0.3, 0.4) is 0 Å². The molecule has 1 rings (SSSR count). The number of hydrogen-bond donors (Lipinski definition) is 2. The molecule has 0 bridgehead atoms. The minimum absolute atomic E-state index is 0.252. The smallest absolute Gasteiger partial charge is 0.241 e. The molecule has 0 aliphatic heterocycles. The summed E-state index contributed by atoms with van der Waals surface area (Å²) in [7, 11) is -3.47. The quantitative estimate of drug-likeness (QED) is 0.645. The van der Waals surface area contributed by atoms with Crippen molar-refractivity contribution in [2.75, 3.05) is 19.7 Å². The van der Waals surface area contributed by atoms with Gasteiger partial charge in [0.1, 0.15) is 0 Å². The number of hydrogen-bond acceptors (Lipinski definition) is 5. The van der Waals surface area contributed by atoms with Crippen LogP contribution >= 0.6 is 11.3 Å². The van der Waals surface area contributed by atoms with Crippen LogP contribution in [0.15, 0.2) is 16.3 Å². The lowest BCUT2D eigenvalue weighted by molar-refractivity contribution is -0.00514. The van der Waals surface area contributed by atoms with Crippen molar-refractivity contribution in [3.63, 3.8) is 0 Å². The molecule has 0 spiro atoms. The summed E-state index contributed by atoms with van der Waals surface area (Å²) in [5.74, 6) is 0. The lowest BCUT2D eigenvalue weighted by atomic mass is 10.1. The van der Waals surface area contributed by atoms with Crippen LogP contribution in [0.4, 0.5) is 0 Å². The van der Waals surface area contributed by atoms with Crippen molar-refractivity contribution in [3.8, 4) is 0 Å². The normalized spacial score (nSPS) is 12.8. The molecule has 0 aliphatic rings. The van der Waals surface area contributed by atoms with Crippen LogP contribution in [-0.2, 0) is 21.3 Å². The molecule has 2 N–H and O–H groups in total. The molecule has 0 radical (unpaired) electrons. The fraction of sp³-hybridized carbons (Fsp3) is 0.714. The lowest BCUT2D eigenvalue weighted by Crippen LogP contribution is -2.40. The second kappa shape index (κ2) is 8.24. The Morgan fingerprint density at radius 2 is 2.05 bits per heavy atom. The van der Waals surface area contributed by atoms with Gasteiger partial charge in [-0.2, -0.15) is 0 Å². The first-order valence-electron chi connectivity index (χ1n) is 7.22. The van der Waals surface area contributed by atoms with E-state index in [9.17, 15) is 8.42 Å². The third kappa shape index (κ3) is 6.44. The first kappa shape index (κ1) is 18.6. The van der Waals surface area contributed by atoms with Crippen LogP contribution in [0.2, 0.25) is 0 Å². The summed E-state index contributed by atoms with van der Waals surface area (Å²) in [5, 5.41) is 4.94. The van der Waals surface area contributed by atoms with Crippen LogP contribution in [0.1, 0.15) is 39.0 Å². The molecular weight excluding hydrogens is 308 g/mol. The van der Waals surface area contributed by atoms with Crippen molar-refractivity contribution in [1.29, 1.82) is 0 Å².